The van der Waals surface area contributed by atoms with Crippen LogP contribution in [0.2, 0.25) is 0 Å². The predicted molar refractivity (Wildman–Crippen MR) is 70.3 cm³/mol. The van der Waals surface area contributed by atoms with Gasteiger partial charge in [0.2, 0.25) is 0 Å². The van der Waals surface area contributed by atoms with E-state index in [0.29, 0.717) is 17.6 Å². The average Bonchev–Trinajstić information content (AvgIpc) is 2.90. The highest BCUT2D eigenvalue weighted by molar-refractivity contribution is 9.09. The van der Waals surface area contributed by atoms with E-state index in [-0.39, 0.29) is 5.91 Å². The zero-order chi connectivity index (χ0) is 12.1. The van der Waals surface area contributed by atoms with Crippen molar-refractivity contribution in [2.24, 2.45) is 11.8 Å². The van der Waals surface area contributed by atoms with Gasteiger partial charge in [-0.1, -0.05) is 28.8 Å². The monoisotopic (exact) mass is 299 g/mol. The van der Waals surface area contributed by atoms with E-state index >= 15 is 0 Å². The van der Waals surface area contributed by atoms with Gasteiger partial charge in [-0.2, -0.15) is 0 Å². The number of hydrogen-bond donors (Lipinski definition) is 1. The van der Waals surface area contributed by atoms with E-state index in [4.69, 9.17) is 4.42 Å². The van der Waals surface area contributed by atoms with Gasteiger partial charge in [-0.25, -0.2) is 0 Å². The molecule has 0 radical (unpaired) electrons. The third kappa shape index (κ3) is 3.35. The Kier molecular flexibility index (Phi) is 4.66. The number of alkyl halides is 1. The van der Waals surface area contributed by atoms with Gasteiger partial charge in [-0.05, 0) is 36.8 Å². The largest absolute Gasteiger partial charge is 0.459 e. The van der Waals surface area contributed by atoms with Gasteiger partial charge in [0, 0.05) is 11.9 Å². The molecule has 1 N–H and O–H groups in total. The maximum atomic E-state index is 11.7. The first kappa shape index (κ1) is 12.7. The first-order valence-electron chi connectivity index (χ1n) is 6.19. The van der Waals surface area contributed by atoms with Crippen LogP contribution >= 0.6 is 15.9 Å². The summed E-state index contributed by atoms with van der Waals surface area (Å²) < 4.78 is 5.07. The second kappa shape index (κ2) is 6.24. The molecule has 3 nitrogen and oxygen atoms in total. The second-order valence-electron chi connectivity index (χ2n) is 4.65. The molecule has 0 bridgehead atoms. The number of rotatable bonds is 4. The second-order valence-corrected chi connectivity index (χ2v) is 5.29. The molecule has 1 saturated carbocycles. The lowest BCUT2D eigenvalue weighted by Crippen LogP contribution is -2.34. The molecule has 1 aliphatic rings. The molecule has 2 rings (SSSR count). The van der Waals surface area contributed by atoms with Crippen molar-refractivity contribution in [1.82, 2.24) is 5.32 Å². The SMILES string of the molecule is O=C(NCC1CCCCC1CBr)c1ccco1. The van der Waals surface area contributed by atoms with Crippen LogP contribution in [0.4, 0.5) is 0 Å². The summed E-state index contributed by atoms with van der Waals surface area (Å²) in [6, 6.07) is 3.43. The number of halogens is 1. The molecular weight excluding hydrogens is 282 g/mol. The smallest absolute Gasteiger partial charge is 0.286 e. The maximum absolute atomic E-state index is 11.7. The fourth-order valence-electron chi connectivity index (χ4n) is 2.47. The molecular formula is C13H18BrNO2. The lowest BCUT2D eigenvalue weighted by atomic mass is 9.80. The van der Waals surface area contributed by atoms with Crippen LogP contribution in [0, 0.1) is 11.8 Å². The van der Waals surface area contributed by atoms with Gasteiger partial charge in [0.25, 0.3) is 5.91 Å². The molecule has 17 heavy (non-hydrogen) atoms. The predicted octanol–water partition coefficient (Wildman–Crippen LogP) is 3.21. The van der Waals surface area contributed by atoms with Crippen LogP contribution in [0.1, 0.15) is 36.2 Å². The molecule has 94 valence electrons. The molecule has 0 spiro atoms. The molecule has 1 aromatic rings. The first-order chi connectivity index (χ1) is 8.31. The summed E-state index contributed by atoms with van der Waals surface area (Å²) in [6.07, 6.45) is 6.61. The lowest BCUT2D eigenvalue weighted by Gasteiger charge is -2.30. The molecule has 2 atom stereocenters. The van der Waals surface area contributed by atoms with Crippen LogP contribution in [0.15, 0.2) is 22.8 Å². The Morgan fingerprint density at radius 1 is 1.41 bits per heavy atom. The minimum Gasteiger partial charge on any atom is -0.459 e. The van der Waals surface area contributed by atoms with Crippen molar-refractivity contribution in [3.05, 3.63) is 24.2 Å². The minimum absolute atomic E-state index is 0.103. The van der Waals surface area contributed by atoms with Crippen LogP contribution in [0.25, 0.3) is 0 Å². The Hall–Kier alpha value is -0.770. The Bertz CT molecular complexity index is 350. The molecule has 1 aromatic heterocycles. The number of nitrogens with one attached hydrogen (secondary N) is 1. The zero-order valence-corrected chi connectivity index (χ0v) is 11.4. The quantitative estimate of drug-likeness (QED) is 0.868. The van der Waals surface area contributed by atoms with Gasteiger partial charge in [0.1, 0.15) is 0 Å². The third-order valence-corrected chi connectivity index (χ3v) is 4.37. The van der Waals surface area contributed by atoms with Crippen LogP contribution in [-0.2, 0) is 0 Å². The summed E-state index contributed by atoms with van der Waals surface area (Å²) in [5.74, 6) is 1.59. The standard InChI is InChI=1S/C13H18BrNO2/c14-8-10-4-1-2-5-11(10)9-15-13(16)12-6-3-7-17-12/h3,6-7,10-11H,1-2,4-5,8-9H2,(H,15,16). The van der Waals surface area contributed by atoms with E-state index in [1.54, 1.807) is 12.1 Å². The molecule has 1 amide bonds. The molecule has 1 fully saturated rings. The van der Waals surface area contributed by atoms with Gasteiger partial charge in [-0.3, -0.25) is 4.79 Å². The number of carbonyl (C=O) groups excluding carboxylic acids is 1. The van der Waals surface area contributed by atoms with Crippen LogP contribution in [0.3, 0.4) is 0 Å². The Morgan fingerprint density at radius 3 is 2.82 bits per heavy atom. The molecule has 1 aliphatic carbocycles. The normalized spacial score (nSPS) is 24.5. The Balaban J connectivity index is 1.82. The van der Waals surface area contributed by atoms with Crippen LogP contribution in [-0.4, -0.2) is 17.8 Å². The van der Waals surface area contributed by atoms with E-state index in [2.05, 4.69) is 21.2 Å². The fourth-order valence-corrected chi connectivity index (χ4v) is 3.33. The van der Waals surface area contributed by atoms with E-state index < -0.39 is 0 Å². The van der Waals surface area contributed by atoms with Crippen molar-refractivity contribution < 1.29 is 9.21 Å². The molecule has 1 heterocycles. The summed E-state index contributed by atoms with van der Waals surface area (Å²) in [6.45, 7) is 0.760. The number of hydrogen-bond acceptors (Lipinski definition) is 2. The summed E-state index contributed by atoms with van der Waals surface area (Å²) in [7, 11) is 0. The van der Waals surface area contributed by atoms with Crippen molar-refractivity contribution >= 4 is 21.8 Å². The molecule has 0 aliphatic heterocycles. The molecule has 2 unspecified atom stereocenters. The topological polar surface area (TPSA) is 42.2 Å². The number of amides is 1. The third-order valence-electron chi connectivity index (χ3n) is 3.53. The van der Waals surface area contributed by atoms with Crippen LogP contribution < -0.4 is 5.32 Å². The summed E-state index contributed by atoms with van der Waals surface area (Å²) in [4.78, 5) is 11.7. The minimum atomic E-state index is -0.103. The molecule has 0 saturated heterocycles. The van der Waals surface area contributed by atoms with Crippen molar-refractivity contribution in [2.75, 3.05) is 11.9 Å². The van der Waals surface area contributed by atoms with Crippen molar-refractivity contribution in [3.63, 3.8) is 0 Å². The Labute approximate surface area is 110 Å². The highest BCUT2D eigenvalue weighted by Gasteiger charge is 2.24. The van der Waals surface area contributed by atoms with Gasteiger partial charge < -0.3 is 9.73 Å². The van der Waals surface area contributed by atoms with Gasteiger partial charge in [-0.15, -0.1) is 0 Å². The lowest BCUT2D eigenvalue weighted by molar-refractivity contribution is 0.0909. The Morgan fingerprint density at radius 2 is 2.18 bits per heavy atom. The van der Waals surface area contributed by atoms with E-state index in [1.807, 2.05) is 0 Å². The highest BCUT2D eigenvalue weighted by Crippen LogP contribution is 2.30. The number of carbonyl (C=O) groups is 1. The molecule has 4 heteroatoms. The molecule has 0 aromatic carbocycles. The van der Waals surface area contributed by atoms with Crippen molar-refractivity contribution in [3.8, 4) is 0 Å². The summed E-state index contributed by atoms with van der Waals surface area (Å²) in [5, 5.41) is 4.00. The van der Waals surface area contributed by atoms with Gasteiger partial charge in [0.05, 0.1) is 6.26 Å². The highest BCUT2D eigenvalue weighted by atomic mass is 79.9. The first-order valence-corrected chi connectivity index (χ1v) is 7.31. The fraction of sp³-hybridized carbons (Fsp3) is 0.615. The van der Waals surface area contributed by atoms with Crippen molar-refractivity contribution in [1.29, 1.82) is 0 Å². The summed E-state index contributed by atoms with van der Waals surface area (Å²) >= 11 is 3.57. The zero-order valence-electron chi connectivity index (χ0n) is 9.82. The van der Waals surface area contributed by atoms with Crippen LogP contribution in [0.5, 0.6) is 0 Å². The van der Waals surface area contributed by atoms with Crippen molar-refractivity contribution in [2.45, 2.75) is 25.7 Å². The van der Waals surface area contributed by atoms with E-state index in [9.17, 15) is 4.79 Å². The van der Waals surface area contributed by atoms with Gasteiger partial charge in [0.15, 0.2) is 5.76 Å². The van der Waals surface area contributed by atoms with E-state index in [1.165, 1.54) is 31.9 Å². The number of furan rings is 1. The maximum Gasteiger partial charge on any atom is 0.286 e. The van der Waals surface area contributed by atoms with Gasteiger partial charge >= 0.3 is 0 Å². The average molecular weight is 300 g/mol. The van der Waals surface area contributed by atoms with E-state index in [0.717, 1.165) is 11.9 Å². The summed E-state index contributed by atoms with van der Waals surface area (Å²) in [5.41, 5.74) is 0.